The molecule has 3 aromatic carbocycles. The first kappa shape index (κ1) is 34.7. The number of aliphatic hydroxyl groups is 1. The van der Waals surface area contributed by atoms with Crippen molar-refractivity contribution < 1.29 is 37.1 Å². The number of carbonyl (C=O) groups excluding carboxylic acids is 3. The topological polar surface area (TPSA) is 142 Å². The second-order valence-electron chi connectivity index (χ2n) is 12.1. The summed E-state index contributed by atoms with van der Waals surface area (Å²) in [7, 11) is -2.44. The van der Waals surface area contributed by atoms with Crippen molar-refractivity contribution in [3.63, 3.8) is 0 Å². The van der Waals surface area contributed by atoms with Crippen LogP contribution < -0.4 is 15.2 Å². The van der Waals surface area contributed by atoms with E-state index in [9.17, 15) is 32.4 Å². The lowest BCUT2D eigenvalue weighted by Gasteiger charge is -2.27. The highest BCUT2D eigenvalue weighted by Gasteiger charge is 2.32. The van der Waals surface area contributed by atoms with Crippen LogP contribution in [0.1, 0.15) is 70.1 Å². The SMILES string of the molecule is CC(C)[C@H](C[C@H](O)[C@@H]1COCc2cccc(c2)C(c2ccccc2)NC(=O)c2cc(cc(N(C)S(C)(=O)=O)c2)C(=O)C1)C(=O)NF. The van der Waals surface area contributed by atoms with Crippen molar-refractivity contribution in [2.24, 2.45) is 17.8 Å². The fraction of sp³-hybridized carbons (Fsp3) is 0.382. The molecule has 0 radical (unpaired) electrons. The van der Waals surface area contributed by atoms with Crippen molar-refractivity contribution in [3.8, 4) is 0 Å². The molecule has 12 heteroatoms. The third kappa shape index (κ3) is 8.56. The van der Waals surface area contributed by atoms with Gasteiger partial charge in [-0.05, 0) is 47.2 Å². The van der Waals surface area contributed by atoms with Gasteiger partial charge in [0.15, 0.2) is 5.78 Å². The molecule has 1 aliphatic heterocycles. The van der Waals surface area contributed by atoms with E-state index in [-0.39, 0.29) is 48.8 Å². The predicted molar refractivity (Wildman–Crippen MR) is 172 cm³/mol. The minimum absolute atomic E-state index is 0.0592. The molecule has 0 saturated heterocycles. The fourth-order valence-corrected chi connectivity index (χ4v) is 6.04. The molecule has 4 bridgehead atoms. The van der Waals surface area contributed by atoms with E-state index in [0.29, 0.717) is 0 Å². The Morgan fingerprint density at radius 3 is 2.37 bits per heavy atom. The van der Waals surface area contributed by atoms with Crippen LogP contribution in [0.15, 0.2) is 72.8 Å². The molecule has 3 N–H and O–H groups in total. The summed E-state index contributed by atoms with van der Waals surface area (Å²) in [4.78, 5) is 39.9. The Hall–Kier alpha value is -4.13. The van der Waals surface area contributed by atoms with Crippen molar-refractivity contribution in [1.82, 2.24) is 10.9 Å². The lowest BCUT2D eigenvalue weighted by atomic mass is 9.83. The second kappa shape index (κ2) is 15.0. The number of halogens is 1. The Kier molecular flexibility index (Phi) is 11.3. The normalized spacial score (nSPS) is 18.9. The van der Waals surface area contributed by atoms with E-state index in [0.717, 1.165) is 32.8 Å². The van der Waals surface area contributed by atoms with Gasteiger partial charge in [0.1, 0.15) is 0 Å². The van der Waals surface area contributed by atoms with Gasteiger partial charge in [0.05, 0.1) is 37.3 Å². The number of fused-ring (bicyclic) bond motifs is 4. The highest BCUT2D eigenvalue weighted by atomic mass is 32.2. The average Bonchev–Trinajstić information content (AvgIpc) is 3.04. The number of ether oxygens (including phenoxy) is 1. The number of rotatable bonds is 8. The molecule has 46 heavy (non-hydrogen) atoms. The first-order chi connectivity index (χ1) is 21.8. The standard InChI is InChI=1S/C34H40FN3O7S/c1-21(2)29(34(42)37-35)18-31(40)27-17-30(39)25-14-26(16-28(15-25)38(3)46(4,43)44)33(41)36-32(23-10-6-5-7-11-23)24-12-8-9-22(13-24)19-45-20-27/h5-16,21,27,29,31-32,40H,17-20H2,1-4H3,(H,36,41)(H,37,42)/t27-,29-,31-,32?/m0/s1. The van der Waals surface area contributed by atoms with Crippen LogP contribution in [0.2, 0.25) is 0 Å². The van der Waals surface area contributed by atoms with E-state index in [4.69, 9.17) is 4.74 Å². The maximum atomic E-state index is 13.9. The molecule has 246 valence electrons. The van der Waals surface area contributed by atoms with Crippen LogP contribution in [0.4, 0.5) is 10.2 Å². The first-order valence-electron chi connectivity index (χ1n) is 15.0. The summed E-state index contributed by atoms with van der Waals surface area (Å²) in [6, 6.07) is 20.4. The van der Waals surface area contributed by atoms with E-state index in [1.54, 1.807) is 13.8 Å². The molecule has 0 saturated carbocycles. The number of Topliss-reactive ketones (excluding diaryl/α,β-unsaturated/α-hetero) is 1. The largest absolute Gasteiger partial charge is 0.393 e. The number of nitrogens with zero attached hydrogens (tertiary/aromatic N) is 1. The zero-order valence-corrected chi connectivity index (χ0v) is 27.1. The first-order valence-corrected chi connectivity index (χ1v) is 16.9. The van der Waals surface area contributed by atoms with Crippen LogP contribution in [0.3, 0.4) is 0 Å². The molecule has 10 nitrogen and oxygen atoms in total. The van der Waals surface area contributed by atoms with Crippen LogP contribution in [-0.2, 0) is 26.2 Å². The van der Waals surface area contributed by atoms with Crippen LogP contribution in [0.25, 0.3) is 0 Å². The number of benzene rings is 3. The predicted octanol–water partition coefficient (Wildman–Crippen LogP) is 4.34. The van der Waals surface area contributed by atoms with Crippen LogP contribution in [0, 0.1) is 17.8 Å². The number of ketones is 1. The molecule has 0 aromatic heterocycles. The van der Waals surface area contributed by atoms with Gasteiger partial charge in [-0.15, -0.1) is 4.48 Å². The number of nitrogens with one attached hydrogen (secondary N) is 2. The van der Waals surface area contributed by atoms with Crippen molar-refractivity contribution in [2.45, 2.75) is 45.4 Å². The van der Waals surface area contributed by atoms with E-state index in [1.807, 2.05) is 54.6 Å². The number of amides is 2. The van der Waals surface area contributed by atoms with Crippen molar-refractivity contribution in [3.05, 3.63) is 101 Å². The lowest BCUT2D eigenvalue weighted by Crippen LogP contribution is -2.36. The van der Waals surface area contributed by atoms with E-state index in [1.165, 1.54) is 25.2 Å². The summed E-state index contributed by atoms with van der Waals surface area (Å²) in [5.74, 6) is -3.84. The monoisotopic (exact) mass is 653 g/mol. The smallest absolute Gasteiger partial charge is 0.252 e. The lowest BCUT2D eigenvalue weighted by molar-refractivity contribution is -0.132. The number of hydrogen-bond acceptors (Lipinski definition) is 7. The summed E-state index contributed by atoms with van der Waals surface area (Å²) in [5, 5.41) is 14.3. The number of sulfonamides is 1. The number of hydrogen-bond donors (Lipinski definition) is 3. The Morgan fingerprint density at radius 2 is 1.72 bits per heavy atom. The molecule has 4 atom stereocenters. The third-order valence-corrected chi connectivity index (χ3v) is 9.58. The Balaban J connectivity index is 1.81. The summed E-state index contributed by atoms with van der Waals surface area (Å²) < 4.78 is 45.0. The number of aliphatic hydroxyl groups excluding tert-OH is 1. The molecule has 1 heterocycles. The van der Waals surface area contributed by atoms with Crippen molar-refractivity contribution in [2.75, 3.05) is 24.2 Å². The maximum absolute atomic E-state index is 13.9. The summed E-state index contributed by atoms with van der Waals surface area (Å²) in [6.45, 7) is 3.54. The van der Waals surface area contributed by atoms with E-state index < -0.39 is 51.6 Å². The van der Waals surface area contributed by atoms with Gasteiger partial charge >= 0.3 is 0 Å². The molecule has 3 aromatic rings. The Bertz CT molecular complexity index is 1670. The molecule has 1 aliphatic rings. The molecular weight excluding hydrogens is 613 g/mol. The van der Waals surface area contributed by atoms with Gasteiger partial charge in [-0.2, -0.15) is 5.54 Å². The van der Waals surface area contributed by atoms with Crippen molar-refractivity contribution in [1.29, 1.82) is 0 Å². The molecule has 0 spiro atoms. The van der Waals surface area contributed by atoms with Crippen LogP contribution >= 0.6 is 0 Å². The maximum Gasteiger partial charge on any atom is 0.252 e. The molecule has 1 unspecified atom stereocenters. The van der Waals surface area contributed by atoms with E-state index in [2.05, 4.69) is 5.32 Å². The number of anilines is 1. The van der Waals surface area contributed by atoms with Gasteiger partial charge in [-0.25, -0.2) is 8.42 Å². The van der Waals surface area contributed by atoms with Gasteiger partial charge in [0.25, 0.3) is 11.8 Å². The summed E-state index contributed by atoms with van der Waals surface area (Å²) in [6.07, 6.45) is -0.573. The zero-order valence-electron chi connectivity index (χ0n) is 26.3. The fourth-order valence-electron chi connectivity index (χ4n) is 5.55. The van der Waals surface area contributed by atoms with Gasteiger partial charge < -0.3 is 15.2 Å². The second-order valence-corrected chi connectivity index (χ2v) is 14.1. The highest BCUT2D eigenvalue weighted by Crippen LogP contribution is 2.29. The van der Waals surface area contributed by atoms with Crippen molar-refractivity contribution >= 4 is 33.3 Å². The van der Waals surface area contributed by atoms with Crippen LogP contribution in [-0.4, -0.2) is 57.1 Å². The van der Waals surface area contributed by atoms with Gasteiger partial charge in [-0.1, -0.05) is 68.4 Å². The highest BCUT2D eigenvalue weighted by molar-refractivity contribution is 7.92. The third-order valence-electron chi connectivity index (χ3n) is 8.38. The van der Waals surface area contributed by atoms with Gasteiger partial charge in [0, 0.05) is 36.4 Å². The minimum atomic E-state index is -3.76. The zero-order chi connectivity index (χ0) is 33.6. The quantitative estimate of drug-likeness (QED) is 0.307. The van der Waals surface area contributed by atoms with E-state index >= 15 is 0 Å². The Morgan fingerprint density at radius 1 is 1.04 bits per heavy atom. The molecule has 0 aliphatic carbocycles. The van der Waals surface area contributed by atoms with Gasteiger partial charge in [0.2, 0.25) is 10.0 Å². The molecular formula is C34H40FN3O7S. The van der Waals surface area contributed by atoms with Crippen LogP contribution in [0.5, 0.6) is 0 Å². The molecule has 0 fully saturated rings. The molecule has 4 rings (SSSR count). The average molecular weight is 654 g/mol. The summed E-state index contributed by atoms with van der Waals surface area (Å²) >= 11 is 0. The Labute approximate surface area is 268 Å². The molecule has 2 amide bonds. The minimum Gasteiger partial charge on any atom is -0.393 e. The number of carbonyl (C=O) groups is 3. The summed E-state index contributed by atoms with van der Waals surface area (Å²) in [5.41, 5.74) is 3.75. The van der Waals surface area contributed by atoms with Gasteiger partial charge in [-0.3, -0.25) is 18.7 Å².